The van der Waals surface area contributed by atoms with E-state index in [0.717, 1.165) is 24.3 Å². The lowest BCUT2D eigenvalue weighted by molar-refractivity contribution is -0.140. The highest BCUT2D eigenvalue weighted by atomic mass is 32.2. The molecule has 1 aromatic carbocycles. The molecule has 1 saturated heterocycles. The highest BCUT2D eigenvalue weighted by Gasteiger charge is 2.36. The van der Waals surface area contributed by atoms with Crippen LogP contribution in [0.1, 0.15) is 22.3 Å². The van der Waals surface area contributed by atoms with Gasteiger partial charge in [0.2, 0.25) is 0 Å². The molecule has 0 saturated carbocycles. The molecule has 1 aromatic rings. The second-order valence-corrected chi connectivity index (χ2v) is 5.65. The maximum absolute atomic E-state index is 13.9. The Morgan fingerprint density at radius 1 is 1.20 bits per heavy atom. The first-order valence-corrected chi connectivity index (χ1v) is 7.29. The van der Waals surface area contributed by atoms with Crippen LogP contribution in [0, 0.1) is 5.82 Å². The Hall–Kier alpha value is -1.24. The number of thioether (sulfide) groups is 1. The fraction of sp³-hybridized carbons (Fsp3) is 0.462. The van der Waals surface area contributed by atoms with Crippen molar-refractivity contribution < 1.29 is 22.4 Å². The molecule has 0 bridgehead atoms. The van der Waals surface area contributed by atoms with Gasteiger partial charge in [-0.3, -0.25) is 4.79 Å². The lowest BCUT2D eigenvalue weighted by atomic mass is 10.1. The molecule has 0 N–H and O–H groups in total. The maximum Gasteiger partial charge on any atom is 0.419 e. The fourth-order valence-electron chi connectivity index (χ4n) is 2.04. The van der Waals surface area contributed by atoms with E-state index in [1.165, 1.54) is 4.90 Å². The number of carbonyl (C=O) groups excluding carboxylic acids is 1. The summed E-state index contributed by atoms with van der Waals surface area (Å²) in [5.74, 6) is -0.542. The molecule has 2 rings (SSSR count). The number of rotatable bonds is 1. The van der Waals surface area contributed by atoms with Gasteiger partial charge in [-0.15, -0.1) is 0 Å². The summed E-state index contributed by atoms with van der Waals surface area (Å²) in [6, 6.07) is 2.81. The van der Waals surface area contributed by atoms with Gasteiger partial charge in [0.05, 0.1) is 11.1 Å². The van der Waals surface area contributed by atoms with E-state index in [1.807, 2.05) is 0 Å². The van der Waals surface area contributed by atoms with Crippen molar-refractivity contribution in [2.75, 3.05) is 24.6 Å². The molecular formula is C13H13F4NOS. The largest absolute Gasteiger partial charge is 0.419 e. The second-order valence-electron chi connectivity index (χ2n) is 4.42. The van der Waals surface area contributed by atoms with E-state index < -0.39 is 29.0 Å². The van der Waals surface area contributed by atoms with Crippen LogP contribution < -0.4 is 0 Å². The number of carbonyl (C=O) groups is 1. The molecule has 1 fully saturated rings. The third-order valence-electron chi connectivity index (χ3n) is 3.04. The van der Waals surface area contributed by atoms with E-state index >= 15 is 0 Å². The van der Waals surface area contributed by atoms with Crippen LogP contribution in [0.3, 0.4) is 0 Å². The Morgan fingerprint density at radius 2 is 1.95 bits per heavy atom. The lowest BCUT2D eigenvalue weighted by Gasteiger charge is -2.21. The van der Waals surface area contributed by atoms with Gasteiger partial charge in [0.1, 0.15) is 5.82 Å². The molecule has 0 radical (unpaired) electrons. The van der Waals surface area contributed by atoms with Gasteiger partial charge in [0.25, 0.3) is 5.91 Å². The van der Waals surface area contributed by atoms with Crippen LogP contribution in [0.15, 0.2) is 18.2 Å². The number of hydrogen-bond acceptors (Lipinski definition) is 2. The Kier molecular flexibility index (Phi) is 4.57. The van der Waals surface area contributed by atoms with E-state index in [2.05, 4.69) is 0 Å². The molecule has 2 nitrogen and oxygen atoms in total. The van der Waals surface area contributed by atoms with Gasteiger partial charge in [0, 0.05) is 18.8 Å². The van der Waals surface area contributed by atoms with E-state index in [1.54, 1.807) is 11.8 Å². The zero-order valence-corrected chi connectivity index (χ0v) is 11.4. The van der Waals surface area contributed by atoms with Crippen LogP contribution in [-0.4, -0.2) is 35.4 Å². The molecule has 1 heterocycles. The van der Waals surface area contributed by atoms with Crippen LogP contribution in [0.4, 0.5) is 17.6 Å². The van der Waals surface area contributed by atoms with Crippen molar-refractivity contribution in [3.63, 3.8) is 0 Å². The summed E-state index contributed by atoms with van der Waals surface area (Å²) in [6.45, 7) is 0.876. The summed E-state index contributed by atoms with van der Waals surface area (Å²) in [7, 11) is 0. The van der Waals surface area contributed by atoms with Crippen molar-refractivity contribution >= 4 is 17.7 Å². The molecule has 0 aliphatic carbocycles. The highest BCUT2D eigenvalue weighted by molar-refractivity contribution is 7.99. The van der Waals surface area contributed by atoms with E-state index in [0.29, 0.717) is 24.9 Å². The molecule has 0 atom stereocenters. The van der Waals surface area contributed by atoms with Gasteiger partial charge in [-0.05, 0) is 24.3 Å². The highest BCUT2D eigenvalue weighted by Crippen LogP contribution is 2.32. The zero-order valence-electron chi connectivity index (χ0n) is 10.5. The van der Waals surface area contributed by atoms with Gasteiger partial charge >= 0.3 is 6.18 Å². The molecule has 110 valence electrons. The number of alkyl halides is 3. The summed E-state index contributed by atoms with van der Waals surface area (Å²) in [6.07, 6.45) is -4.04. The van der Waals surface area contributed by atoms with Crippen molar-refractivity contribution in [2.24, 2.45) is 0 Å². The minimum absolute atomic E-state index is 0.430. The van der Waals surface area contributed by atoms with Gasteiger partial charge < -0.3 is 4.90 Å². The molecule has 7 heteroatoms. The first kappa shape index (κ1) is 15.2. The summed E-state index contributed by atoms with van der Waals surface area (Å²) in [4.78, 5) is 13.6. The van der Waals surface area contributed by atoms with Crippen molar-refractivity contribution in [1.82, 2.24) is 4.90 Å². The Bertz CT molecular complexity index is 496. The minimum Gasteiger partial charge on any atom is -0.338 e. The van der Waals surface area contributed by atoms with Gasteiger partial charge in [0.15, 0.2) is 0 Å². The third kappa shape index (κ3) is 3.26. The summed E-state index contributed by atoms with van der Waals surface area (Å²) >= 11 is 1.68. The normalized spacial score (nSPS) is 16.9. The average Bonchev–Trinajstić information content (AvgIpc) is 2.65. The molecule has 1 aliphatic rings. The summed E-state index contributed by atoms with van der Waals surface area (Å²) in [5, 5.41) is 0. The molecule has 0 spiro atoms. The Morgan fingerprint density at radius 3 is 2.65 bits per heavy atom. The predicted octanol–water partition coefficient (Wildman–Crippen LogP) is 3.42. The number of hydrogen-bond donors (Lipinski definition) is 0. The van der Waals surface area contributed by atoms with Gasteiger partial charge in [-0.25, -0.2) is 4.39 Å². The standard InChI is InChI=1S/C13H13F4NOS/c14-11-9(3-1-4-10(11)13(15,16)17)12(19)18-5-2-7-20-8-6-18/h1,3-4H,2,5-8H2. The topological polar surface area (TPSA) is 20.3 Å². The van der Waals surface area contributed by atoms with Crippen molar-refractivity contribution in [3.8, 4) is 0 Å². The summed E-state index contributed by atoms with van der Waals surface area (Å²) < 4.78 is 51.8. The molecular weight excluding hydrogens is 294 g/mol. The number of nitrogens with zero attached hydrogens (tertiary/aromatic N) is 1. The maximum atomic E-state index is 13.9. The smallest absolute Gasteiger partial charge is 0.338 e. The molecule has 1 amide bonds. The van der Waals surface area contributed by atoms with Gasteiger partial charge in [-0.1, -0.05) is 6.07 Å². The second kappa shape index (κ2) is 6.03. The Labute approximate surface area is 118 Å². The fourth-order valence-corrected chi connectivity index (χ4v) is 2.92. The molecule has 0 unspecified atom stereocenters. The van der Waals surface area contributed by atoms with Crippen molar-refractivity contribution in [1.29, 1.82) is 0 Å². The van der Waals surface area contributed by atoms with Crippen LogP contribution in [0.5, 0.6) is 0 Å². The average molecular weight is 307 g/mol. The van der Waals surface area contributed by atoms with Gasteiger partial charge in [-0.2, -0.15) is 24.9 Å². The zero-order chi connectivity index (χ0) is 14.8. The molecule has 0 aromatic heterocycles. The van der Waals surface area contributed by atoms with E-state index in [4.69, 9.17) is 0 Å². The quantitative estimate of drug-likeness (QED) is 0.741. The third-order valence-corrected chi connectivity index (χ3v) is 4.09. The number of benzene rings is 1. The van der Waals surface area contributed by atoms with Crippen molar-refractivity contribution in [3.05, 3.63) is 35.1 Å². The Balaban J connectivity index is 2.30. The first-order chi connectivity index (χ1) is 9.41. The number of halogens is 4. The summed E-state index contributed by atoms with van der Waals surface area (Å²) in [5.41, 5.74) is -1.90. The first-order valence-electron chi connectivity index (χ1n) is 6.14. The van der Waals surface area contributed by atoms with Crippen LogP contribution in [-0.2, 0) is 6.18 Å². The van der Waals surface area contributed by atoms with Crippen LogP contribution in [0.2, 0.25) is 0 Å². The number of amides is 1. The van der Waals surface area contributed by atoms with Crippen LogP contribution in [0.25, 0.3) is 0 Å². The SMILES string of the molecule is O=C(c1cccc(C(F)(F)F)c1F)N1CCCSCC1. The lowest BCUT2D eigenvalue weighted by Crippen LogP contribution is -2.33. The predicted molar refractivity (Wildman–Crippen MR) is 69.2 cm³/mol. The molecule has 20 heavy (non-hydrogen) atoms. The monoisotopic (exact) mass is 307 g/mol. The van der Waals surface area contributed by atoms with Crippen LogP contribution >= 0.6 is 11.8 Å². The van der Waals surface area contributed by atoms with E-state index in [9.17, 15) is 22.4 Å². The van der Waals surface area contributed by atoms with Crippen molar-refractivity contribution in [2.45, 2.75) is 12.6 Å². The molecule has 1 aliphatic heterocycles. The minimum atomic E-state index is -4.80. The van der Waals surface area contributed by atoms with E-state index in [-0.39, 0.29) is 0 Å².